The molecule has 3 nitrogen and oxygen atoms in total. The van der Waals surface area contributed by atoms with Gasteiger partial charge in [0.2, 0.25) is 0 Å². The van der Waals surface area contributed by atoms with Crippen LogP contribution in [0.3, 0.4) is 0 Å². The highest BCUT2D eigenvalue weighted by Gasteiger charge is 2.60. The van der Waals surface area contributed by atoms with Crippen LogP contribution in [0.2, 0.25) is 0 Å². The van der Waals surface area contributed by atoms with E-state index in [1.165, 1.54) is 64.2 Å². The van der Waals surface area contributed by atoms with Crippen molar-refractivity contribution in [3.63, 3.8) is 0 Å². The highest BCUT2D eigenvalue weighted by Crippen LogP contribution is 2.64. The molecule has 0 saturated heterocycles. The Kier molecular flexibility index (Phi) is 4.96. The Bertz CT molecular complexity index is 480. The van der Waals surface area contributed by atoms with Crippen molar-refractivity contribution in [2.75, 3.05) is 6.54 Å². The Morgan fingerprint density at radius 2 is 1.80 bits per heavy atom. The lowest BCUT2D eigenvalue weighted by atomic mass is 9.46. The summed E-state index contributed by atoms with van der Waals surface area (Å²) in [5.41, 5.74) is 20.2. The maximum Gasteiger partial charge on any atom is 0.0229 e. The molecule has 0 aliphatic heterocycles. The molecule has 0 amide bonds. The summed E-state index contributed by atoms with van der Waals surface area (Å²) in [4.78, 5) is 0. The lowest BCUT2D eigenvalue weighted by molar-refractivity contribution is -0.0937. The second kappa shape index (κ2) is 6.80. The van der Waals surface area contributed by atoms with Crippen LogP contribution in [-0.4, -0.2) is 18.1 Å². The van der Waals surface area contributed by atoms with E-state index in [1.807, 2.05) is 0 Å². The Balaban J connectivity index is 1.53. The summed E-state index contributed by atoms with van der Waals surface area (Å²) in [6.07, 6.45) is 16.1. The van der Waals surface area contributed by atoms with Gasteiger partial charge in [-0.1, -0.05) is 19.8 Å². The molecule has 144 valence electrons. The molecular weight excluding hydrogens is 306 g/mol. The summed E-state index contributed by atoms with van der Waals surface area (Å²) >= 11 is 0. The molecular formula is C22H41N3. The molecule has 0 radical (unpaired) electrons. The normalized spacial score (nSPS) is 50.6. The Labute approximate surface area is 154 Å². The van der Waals surface area contributed by atoms with Gasteiger partial charge in [-0.3, -0.25) is 0 Å². The van der Waals surface area contributed by atoms with Crippen molar-refractivity contribution in [1.29, 1.82) is 0 Å². The fourth-order valence-corrected chi connectivity index (χ4v) is 8.23. The van der Waals surface area contributed by atoms with Crippen molar-refractivity contribution in [2.24, 2.45) is 52.2 Å². The smallest absolute Gasteiger partial charge is 0.0229 e. The van der Waals surface area contributed by atoms with Crippen LogP contribution in [0.1, 0.15) is 84.0 Å². The van der Waals surface area contributed by atoms with Crippen LogP contribution < -0.4 is 17.2 Å². The molecule has 8 unspecified atom stereocenters. The van der Waals surface area contributed by atoms with Crippen molar-refractivity contribution in [1.82, 2.24) is 0 Å². The number of hydrogen-bond donors (Lipinski definition) is 3. The minimum Gasteiger partial charge on any atom is -0.330 e. The zero-order valence-corrected chi connectivity index (χ0v) is 16.4. The first kappa shape index (κ1) is 18.3. The van der Waals surface area contributed by atoms with E-state index >= 15 is 0 Å². The molecule has 4 aliphatic rings. The van der Waals surface area contributed by atoms with Gasteiger partial charge in [0, 0.05) is 11.6 Å². The monoisotopic (exact) mass is 347 g/mol. The summed E-state index contributed by atoms with van der Waals surface area (Å²) in [7, 11) is 0. The van der Waals surface area contributed by atoms with E-state index in [9.17, 15) is 0 Å². The Hall–Kier alpha value is -0.120. The topological polar surface area (TPSA) is 78.1 Å². The molecule has 0 aromatic carbocycles. The SMILES string of the molecule is CC12CCCCC1CCC1C2CCC2(N)C(C(N)CCCN)CCC12. The first-order valence-electron chi connectivity index (χ1n) is 11.2. The molecule has 4 rings (SSSR count). The lowest BCUT2D eigenvalue weighted by Crippen LogP contribution is -2.62. The zero-order valence-electron chi connectivity index (χ0n) is 16.4. The summed E-state index contributed by atoms with van der Waals surface area (Å²) in [6.45, 7) is 3.41. The van der Waals surface area contributed by atoms with Gasteiger partial charge in [0.15, 0.2) is 0 Å². The third kappa shape index (κ3) is 2.80. The Morgan fingerprint density at radius 3 is 2.60 bits per heavy atom. The van der Waals surface area contributed by atoms with E-state index in [0.717, 1.165) is 43.1 Å². The van der Waals surface area contributed by atoms with E-state index in [1.54, 1.807) is 0 Å². The molecule has 3 heteroatoms. The minimum atomic E-state index is 0.0209. The third-order valence-corrected chi connectivity index (χ3v) is 9.50. The molecule has 0 spiro atoms. The number of hydrogen-bond acceptors (Lipinski definition) is 3. The van der Waals surface area contributed by atoms with E-state index < -0.39 is 0 Å². The first-order valence-corrected chi connectivity index (χ1v) is 11.2. The van der Waals surface area contributed by atoms with E-state index in [-0.39, 0.29) is 11.6 Å². The highest BCUT2D eigenvalue weighted by atomic mass is 14.9. The fourth-order valence-electron chi connectivity index (χ4n) is 8.23. The van der Waals surface area contributed by atoms with Crippen molar-refractivity contribution in [2.45, 2.75) is 95.6 Å². The summed E-state index contributed by atoms with van der Waals surface area (Å²) in [6, 6.07) is 0.261. The second-order valence-electron chi connectivity index (χ2n) is 10.3. The standard InChI is InChI=1S/C22H41N3/c1-21-12-3-2-5-15(21)7-8-16-17(21)11-13-22(25)18(16)9-10-19(22)20(24)6-4-14-23/h15-20H,2-14,23-25H2,1H3. The van der Waals surface area contributed by atoms with Gasteiger partial charge in [-0.15, -0.1) is 0 Å². The van der Waals surface area contributed by atoms with Gasteiger partial charge in [-0.05, 0) is 106 Å². The number of nitrogens with two attached hydrogens (primary N) is 3. The quantitative estimate of drug-likeness (QED) is 0.724. The van der Waals surface area contributed by atoms with Gasteiger partial charge >= 0.3 is 0 Å². The average molecular weight is 348 g/mol. The van der Waals surface area contributed by atoms with Gasteiger partial charge in [0.1, 0.15) is 0 Å². The van der Waals surface area contributed by atoms with Crippen LogP contribution in [0.25, 0.3) is 0 Å². The third-order valence-electron chi connectivity index (χ3n) is 9.50. The van der Waals surface area contributed by atoms with Crippen molar-refractivity contribution >= 4 is 0 Å². The number of fused-ring (bicyclic) bond motifs is 5. The van der Waals surface area contributed by atoms with Crippen LogP contribution in [0.15, 0.2) is 0 Å². The van der Waals surface area contributed by atoms with Crippen molar-refractivity contribution in [3.05, 3.63) is 0 Å². The molecule has 25 heavy (non-hydrogen) atoms. The van der Waals surface area contributed by atoms with E-state index in [2.05, 4.69) is 6.92 Å². The van der Waals surface area contributed by atoms with Gasteiger partial charge in [-0.25, -0.2) is 0 Å². The molecule has 0 aromatic heterocycles. The average Bonchev–Trinajstić information content (AvgIpc) is 2.96. The fraction of sp³-hybridized carbons (Fsp3) is 1.00. The van der Waals surface area contributed by atoms with Crippen LogP contribution in [0, 0.1) is 35.0 Å². The minimum absolute atomic E-state index is 0.0209. The van der Waals surface area contributed by atoms with Crippen molar-refractivity contribution < 1.29 is 0 Å². The van der Waals surface area contributed by atoms with Gasteiger partial charge in [-0.2, -0.15) is 0 Å². The van der Waals surface area contributed by atoms with Gasteiger partial charge < -0.3 is 17.2 Å². The highest BCUT2D eigenvalue weighted by molar-refractivity contribution is 5.14. The van der Waals surface area contributed by atoms with Gasteiger partial charge in [0.25, 0.3) is 0 Å². The predicted molar refractivity (Wildman–Crippen MR) is 105 cm³/mol. The van der Waals surface area contributed by atoms with Crippen molar-refractivity contribution in [3.8, 4) is 0 Å². The number of rotatable bonds is 4. The van der Waals surface area contributed by atoms with E-state index in [0.29, 0.717) is 11.3 Å². The molecule has 4 saturated carbocycles. The predicted octanol–water partition coefficient (Wildman–Crippen LogP) is 3.79. The Morgan fingerprint density at radius 1 is 0.960 bits per heavy atom. The first-order chi connectivity index (χ1) is 12.0. The largest absolute Gasteiger partial charge is 0.330 e. The van der Waals surface area contributed by atoms with Gasteiger partial charge in [0.05, 0.1) is 0 Å². The molecule has 8 atom stereocenters. The summed E-state index contributed by atoms with van der Waals surface area (Å²) in [5.74, 6) is 4.08. The van der Waals surface area contributed by atoms with Crippen LogP contribution in [-0.2, 0) is 0 Å². The maximum absolute atomic E-state index is 7.19. The molecule has 4 aliphatic carbocycles. The molecule has 0 heterocycles. The molecule has 0 bridgehead atoms. The summed E-state index contributed by atoms with van der Waals surface area (Å²) in [5, 5.41) is 0. The molecule has 6 N–H and O–H groups in total. The van der Waals surface area contributed by atoms with Crippen LogP contribution >= 0.6 is 0 Å². The molecule has 0 aromatic rings. The van der Waals surface area contributed by atoms with Crippen LogP contribution in [0.4, 0.5) is 0 Å². The van der Waals surface area contributed by atoms with Crippen LogP contribution in [0.5, 0.6) is 0 Å². The van der Waals surface area contributed by atoms with E-state index in [4.69, 9.17) is 17.2 Å². The zero-order chi connectivity index (χ0) is 17.7. The summed E-state index contributed by atoms with van der Waals surface area (Å²) < 4.78 is 0. The molecule has 4 fully saturated rings. The lowest BCUT2D eigenvalue weighted by Gasteiger charge is -2.60. The maximum atomic E-state index is 7.19. The second-order valence-corrected chi connectivity index (χ2v) is 10.3.